The Hall–Kier alpha value is -2.97. The molecule has 0 amide bonds. The van der Waals surface area contributed by atoms with Crippen LogP contribution in [0.5, 0.6) is 5.88 Å². The smallest absolute Gasteiger partial charge is 0.341 e. The van der Waals surface area contributed by atoms with E-state index in [1.807, 2.05) is 4.68 Å². The molecule has 1 fully saturated rings. The lowest BCUT2D eigenvalue weighted by molar-refractivity contribution is 0.0526. The molecule has 0 spiro atoms. The van der Waals surface area contributed by atoms with Crippen molar-refractivity contribution in [3.8, 4) is 11.8 Å². The lowest BCUT2D eigenvalue weighted by Gasteiger charge is -2.29. The molecule has 4 rings (SSSR count). The quantitative estimate of drug-likeness (QED) is 0.587. The largest absolute Gasteiger partial charge is 0.479 e. The Morgan fingerprint density at radius 2 is 2.07 bits per heavy atom. The van der Waals surface area contributed by atoms with E-state index in [9.17, 15) is 4.79 Å². The Bertz CT molecular complexity index is 1010. The minimum atomic E-state index is -0.428. The molecule has 9 heteroatoms. The van der Waals surface area contributed by atoms with Crippen molar-refractivity contribution in [1.82, 2.24) is 29.5 Å². The van der Waals surface area contributed by atoms with Crippen LogP contribution in [0, 0.1) is 5.92 Å². The number of hydrogen-bond acceptors (Lipinski definition) is 7. The highest BCUT2D eigenvalue weighted by atomic mass is 16.5. The number of carbonyl (C=O) groups excluding carboxylic acids is 1. The molecule has 1 aliphatic carbocycles. The molecule has 1 saturated carbocycles. The summed E-state index contributed by atoms with van der Waals surface area (Å²) in [5, 5.41) is 8.82. The third-order valence-corrected chi connectivity index (χ3v) is 5.57. The van der Waals surface area contributed by atoms with Crippen molar-refractivity contribution in [3.05, 3.63) is 24.2 Å². The summed E-state index contributed by atoms with van der Waals surface area (Å²) in [6.07, 6.45) is 10.6. The van der Waals surface area contributed by atoms with Crippen molar-refractivity contribution in [3.63, 3.8) is 0 Å². The molecule has 9 nitrogen and oxygen atoms in total. The molecule has 0 aromatic carbocycles. The van der Waals surface area contributed by atoms with Crippen LogP contribution in [0.1, 0.15) is 62.4 Å². The minimum absolute atomic E-state index is 0.305. The maximum absolute atomic E-state index is 11.9. The highest BCUT2D eigenvalue weighted by Gasteiger charge is 2.26. The molecule has 2 atom stereocenters. The van der Waals surface area contributed by atoms with Crippen molar-refractivity contribution >= 4 is 17.0 Å². The first-order valence-electron chi connectivity index (χ1n) is 10.2. The third kappa shape index (κ3) is 3.68. The number of ether oxygens (including phenoxy) is 2. The van der Waals surface area contributed by atoms with Gasteiger partial charge in [-0.05, 0) is 25.7 Å². The summed E-state index contributed by atoms with van der Waals surface area (Å²) in [5.41, 5.74) is 1.84. The van der Waals surface area contributed by atoms with Crippen LogP contribution in [0.25, 0.3) is 17.0 Å². The lowest BCUT2D eigenvalue weighted by atomic mass is 9.84. The molecule has 0 N–H and O–H groups in total. The van der Waals surface area contributed by atoms with Crippen LogP contribution in [0.4, 0.5) is 0 Å². The zero-order chi connectivity index (χ0) is 20.4. The summed E-state index contributed by atoms with van der Waals surface area (Å²) in [7, 11) is 1.59. The average Bonchev–Trinajstić information content (AvgIpc) is 3.41. The van der Waals surface area contributed by atoms with Crippen LogP contribution in [0.3, 0.4) is 0 Å². The van der Waals surface area contributed by atoms with E-state index in [4.69, 9.17) is 9.47 Å². The van der Waals surface area contributed by atoms with Gasteiger partial charge in [0.15, 0.2) is 0 Å². The molecule has 29 heavy (non-hydrogen) atoms. The van der Waals surface area contributed by atoms with Gasteiger partial charge in [-0.1, -0.05) is 26.2 Å². The number of carbonyl (C=O) groups is 1. The van der Waals surface area contributed by atoms with E-state index in [-0.39, 0.29) is 0 Å². The molecule has 3 aromatic rings. The number of rotatable bonds is 6. The van der Waals surface area contributed by atoms with Crippen LogP contribution in [-0.2, 0) is 4.74 Å². The van der Waals surface area contributed by atoms with Gasteiger partial charge in [-0.3, -0.25) is 4.68 Å². The van der Waals surface area contributed by atoms with Crippen molar-refractivity contribution in [2.45, 2.75) is 52.0 Å². The second-order valence-electron chi connectivity index (χ2n) is 7.34. The maximum atomic E-state index is 11.9. The third-order valence-electron chi connectivity index (χ3n) is 5.57. The number of fused-ring (bicyclic) bond motifs is 1. The molecular formula is C20H26N6O3. The van der Waals surface area contributed by atoms with Crippen molar-refractivity contribution < 1.29 is 14.3 Å². The van der Waals surface area contributed by atoms with E-state index in [0.29, 0.717) is 35.6 Å². The van der Waals surface area contributed by atoms with Gasteiger partial charge in [-0.2, -0.15) is 15.2 Å². The average molecular weight is 398 g/mol. The van der Waals surface area contributed by atoms with Gasteiger partial charge in [-0.25, -0.2) is 14.5 Å². The van der Waals surface area contributed by atoms with Gasteiger partial charge in [-0.15, -0.1) is 0 Å². The maximum Gasteiger partial charge on any atom is 0.341 e. The van der Waals surface area contributed by atoms with E-state index in [2.05, 4.69) is 27.1 Å². The monoisotopic (exact) mass is 398 g/mol. The standard InChI is InChI=1S/C20H26N6O3/c1-4-13-7-6-8-15(9-13)26-17-16(11-22-26)23-20(24-18(17)28-3)25-12-14(10-21-25)19(27)29-5-2/h10-13,15H,4-9H2,1-3H3. The summed E-state index contributed by atoms with van der Waals surface area (Å²) in [6, 6.07) is 0.328. The van der Waals surface area contributed by atoms with E-state index in [1.54, 1.807) is 26.4 Å². The lowest BCUT2D eigenvalue weighted by Crippen LogP contribution is -2.20. The van der Waals surface area contributed by atoms with Gasteiger partial charge in [0.25, 0.3) is 5.95 Å². The number of hydrogen-bond donors (Lipinski definition) is 0. The molecular weight excluding hydrogens is 372 g/mol. The first-order chi connectivity index (χ1) is 14.1. The number of nitrogens with zero attached hydrogens (tertiary/aromatic N) is 6. The van der Waals surface area contributed by atoms with E-state index < -0.39 is 5.97 Å². The predicted molar refractivity (Wildman–Crippen MR) is 106 cm³/mol. The normalized spacial score (nSPS) is 19.4. The zero-order valence-electron chi connectivity index (χ0n) is 17.0. The van der Waals surface area contributed by atoms with Crippen LogP contribution in [0.15, 0.2) is 18.6 Å². The zero-order valence-corrected chi connectivity index (χ0v) is 17.0. The molecule has 1 aliphatic rings. The topological polar surface area (TPSA) is 97.0 Å². The van der Waals surface area contributed by atoms with Crippen molar-refractivity contribution in [2.75, 3.05) is 13.7 Å². The Morgan fingerprint density at radius 1 is 1.21 bits per heavy atom. The Labute approximate surface area is 169 Å². The van der Waals surface area contributed by atoms with Crippen molar-refractivity contribution in [1.29, 1.82) is 0 Å². The summed E-state index contributed by atoms with van der Waals surface area (Å²) < 4.78 is 14.1. The van der Waals surface area contributed by atoms with E-state index in [1.165, 1.54) is 30.1 Å². The predicted octanol–water partition coefficient (Wildman–Crippen LogP) is 3.34. The molecule has 3 heterocycles. The first kappa shape index (κ1) is 19.4. The van der Waals surface area contributed by atoms with Crippen LogP contribution >= 0.6 is 0 Å². The molecule has 0 saturated heterocycles. The second kappa shape index (κ2) is 8.18. The number of esters is 1. The molecule has 0 bridgehead atoms. The van der Waals surface area contributed by atoms with Gasteiger partial charge in [0.2, 0.25) is 5.88 Å². The molecule has 3 aromatic heterocycles. The Balaban J connectivity index is 1.70. The van der Waals surface area contributed by atoms with Crippen LogP contribution < -0.4 is 4.74 Å². The van der Waals surface area contributed by atoms with Gasteiger partial charge in [0, 0.05) is 6.20 Å². The van der Waals surface area contributed by atoms with Crippen molar-refractivity contribution in [2.24, 2.45) is 5.92 Å². The summed E-state index contributed by atoms with van der Waals surface area (Å²) in [4.78, 5) is 21.0. The number of aromatic nitrogens is 6. The summed E-state index contributed by atoms with van der Waals surface area (Å²) in [6.45, 7) is 4.31. The molecule has 154 valence electrons. The fraction of sp³-hybridized carbons (Fsp3) is 0.550. The number of methoxy groups -OCH3 is 1. The first-order valence-corrected chi connectivity index (χ1v) is 10.2. The summed E-state index contributed by atoms with van der Waals surface area (Å²) in [5.74, 6) is 1.07. The SMILES string of the molecule is CCOC(=O)c1cnn(-c2nc(OC)c3c(cnn3C3CCCC(CC)C3)n2)c1. The van der Waals surface area contributed by atoms with Gasteiger partial charge >= 0.3 is 5.97 Å². The highest BCUT2D eigenvalue weighted by molar-refractivity contribution is 5.88. The second-order valence-corrected chi connectivity index (χ2v) is 7.34. The Kier molecular flexibility index (Phi) is 5.46. The fourth-order valence-electron chi connectivity index (χ4n) is 4.05. The summed E-state index contributed by atoms with van der Waals surface area (Å²) >= 11 is 0. The van der Waals surface area contributed by atoms with Gasteiger partial charge in [0.05, 0.1) is 37.7 Å². The van der Waals surface area contributed by atoms with Gasteiger partial charge in [0.1, 0.15) is 11.0 Å². The molecule has 2 unspecified atom stereocenters. The molecule has 0 aliphatic heterocycles. The van der Waals surface area contributed by atoms with Gasteiger partial charge < -0.3 is 9.47 Å². The Morgan fingerprint density at radius 3 is 2.83 bits per heavy atom. The van der Waals surface area contributed by atoms with Crippen LogP contribution in [-0.4, -0.2) is 49.2 Å². The van der Waals surface area contributed by atoms with E-state index >= 15 is 0 Å². The highest BCUT2D eigenvalue weighted by Crippen LogP contribution is 2.36. The van der Waals surface area contributed by atoms with Crippen LogP contribution in [0.2, 0.25) is 0 Å². The fourth-order valence-corrected chi connectivity index (χ4v) is 4.05. The minimum Gasteiger partial charge on any atom is -0.479 e. The van der Waals surface area contributed by atoms with E-state index in [0.717, 1.165) is 24.3 Å². The molecule has 0 radical (unpaired) electrons.